The van der Waals surface area contributed by atoms with Gasteiger partial charge in [-0.2, -0.15) is 0 Å². The molecule has 3 aliphatic heterocycles. The van der Waals surface area contributed by atoms with Crippen molar-refractivity contribution in [2.45, 2.75) is 51.2 Å². The first-order chi connectivity index (χ1) is 13.3. The summed E-state index contributed by atoms with van der Waals surface area (Å²) in [5.41, 5.74) is 1.22. The number of piperidine rings is 2. The second kappa shape index (κ2) is 9.30. The van der Waals surface area contributed by atoms with E-state index in [1.54, 1.807) is 0 Å². The first kappa shape index (κ1) is 19.1. The van der Waals surface area contributed by atoms with Crippen LogP contribution in [0.25, 0.3) is 0 Å². The Balaban J connectivity index is 1.18. The minimum atomic E-state index is 0.319. The molecule has 6 nitrogen and oxygen atoms in total. The fourth-order valence-corrected chi connectivity index (χ4v) is 4.88. The summed E-state index contributed by atoms with van der Waals surface area (Å²) in [4.78, 5) is 14.0. The van der Waals surface area contributed by atoms with Gasteiger partial charge in [0.25, 0.3) is 0 Å². The molecule has 0 aliphatic carbocycles. The quantitative estimate of drug-likeness (QED) is 0.827. The lowest BCUT2D eigenvalue weighted by molar-refractivity contribution is 0.102. The number of nitrogens with one attached hydrogen (secondary N) is 1. The second-order valence-corrected chi connectivity index (χ2v) is 8.69. The Morgan fingerprint density at radius 3 is 2.30 bits per heavy atom. The Kier molecular flexibility index (Phi) is 6.58. The van der Waals surface area contributed by atoms with Gasteiger partial charge in [0.15, 0.2) is 0 Å². The average molecular weight is 374 g/mol. The standard InChI is InChI=1S/C21H35N5O/c1-25-8-4-18(5-9-25)19-6-10-26(11-7-19)16-17-13-22-21(23-14-17)24-15-20-3-2-12-27-20/h13-14,18-20H,2-12,15-16H2,1H3,(H,22,23,24). The number of nitrogens with zero attached hydrogens (tertiary/aromatic N) is 4. The van der Waals surface area contributed by atoms with Crippen LogP contribution >= 0.6 is 0 Å². The lowest BCUT2D eigenvalue weighted by Crippen LogP contribution is -2.39. The normalized spacial score (nSPS) is 26.5. The Morgan fingerprint density at radius 2 is 1.67 bits per heavy atom. The molecule has 0 amide bonds. The highest BCUT2D eigenvalue weighted by atomic mass is 16.5. The number of ether oxygens (including phenoxy) is 1. The van der Waals surface area contributed by atoms with Crippen molar-refractivity contribution in [1.82, 2.24) is 19.8 Å². The summed E-state index contributed by atoms with van der Waals surface area (Å²) in [6.45, 7) is 7.69. The minimum Gasteiger partial charge on any atom is -0.376 e. The third-order valence-electron chi connectivity index (χ3n) is 6.69. The zero-order valence-corrected chi connectivity index (χ0v) is 16.8. The van der Waals surface area contributed by atoms with E-state index < -0.39 is 0 Å². The molecule has 6 heteroatoms. The van der Waals surface area contributed by atoms with Crippen LogP contribution in [0, 0.1) is 11.8 Å². The number of anilines is 1. The van der Waals surface area contributed by atoms with Crippen LogP contribution in [0.1, 0.15) is 44.1 Å². The van der Waals surface area contributed by atoms with Crippen molar-refractivity contribution in [1.29, 1.82) is 0 Å². The Labute approximate surface area is 163 Å². The molecule has 0 saturated carbocycles. The second-order valence-electron chi connectivity index (χ2n) is 8.69. The van der Waals surface area contributed by atoms with Crippen LogP contribution in [0.2, 0.25) is 0 Å². The van der Waals surface area contributed by atoms with Gasteiger partial charge in [-0.05, 0) is 83.6 Å². The molecule has 1 aromatic rings. The van der Waals surface area contributed by atoms with Crippen LogP contribution in [0.5, 0.6) is 0 Å². The summed E-state index contributed by atoms with van der Waals surface area (Å²) >= 11 is 0. The molecule has 0 aromatic carbocycles. The fraction of sp³-hybridized carbons (Fsp3) is 0.810. The van der Waals surface area contributed by atoms with Gasteiger partial charge in [-0.3, -0.25) is 4.90 Å². The van der Waals surface area contributed by atoms with Crippen LogP contribution in [0.4, 0.5) is 5.95 Å². The molecule has 3 aliphatic rings. The van der Waals surface area contributed by atoms with Crippen molar-refractivity contribution < 1.29 is 4.74 Å². The molecule has 4 rings (SSSR count). The third-order valence-corrected chi connectivity index (χ3v) is 6.69. The van der Waals surface area contributed by atoms with E-state index in [2.05, 4.69) is 32.1 Å². The highest BCUT2D eigenvalue weighted by Crippen LogP contribution is 2.32. The molecular formula is C21H35N5O. The third kappa shape index (κ3) is 5.39. The van der Waals surface area contributed by atoms with Crippen molar-refractivity contribution in [3.05, 3.63) is 18.0 Å². The van der Waals surface area contributed by atoms with Crippen LogP contribution in [0.3, 0.4) is 0 Å². The summed E-state index contributed by atoms with van der Waals surface area (Å²) in [6, 6.07) is 0. The van der Waals surface area contributed by atoms with E-state index in [0.29, 0.717) is 6.10 Å². The number of aromatic nitrogens is 2. The van der Waals surface area contributed by atoms with E-state index in [0.717, 1.165) is 43.9 Å². The summed E-state index contributed by atoms with van der Waals surface area (Å²) in [5.74, 6) is 2.62. The van der Waals surface area contributed by atoms with Gasteiger partial charge in [0.1, 0.15) is 0 Å². The SMILES string of the molecule is CN1CCC(C2CCN(Cc3cnc(NCC4CCCO4)nc3)CC2)CC1. The number of rotatable bonds is 6. The van der Waals surface area contributed by atoms with Gasteiger partial charge in [0.05, 0.1) is 6.10 Å². The first-order valence-electron chi connectivity index (χ1n) is 10.8. The smallest absolute Gasteiger partial charge is 0.222 e. The predicted octanol–water partition coefficient (Wildman–Crippen LogP) is 2.62. The highest BCUT2D eigenvalue weighted by molar-refractivity contribution is 5.25. The molecule has 0 radical (unpaired) electrons. The molecule has 0 bridgehead atoms. The van der Waals surface area contributed by atoms with Gasteiger partial charge >= 0.3 is 0 Å². The van der Waals surface area contributed by atoms with E-state index >= 15 is 0 Å². The van der Waals surface area contributed by atoms with Crippen LogP contribution < -0.4 is 5.32 Å². The molecular weight excluding hydrogens is 338 g/mol. The Hall–Kier alpha value is -1.24. The van der Waals surface area contributed by atoms with Gasteiger partial charge in [-0.15, -0.1) is 0 Å². The maximum atomic E-state index is 5.63. The molecule has 1 unspecified atom stereocenters. The molecule has 3 saturated heterocycles. The molecule has 1 aromatic heterocycles. The first-order valence-corrected chi connectivity index (χ1v) is 10.8. The van der Waals surface area contributed by atoms with E-state index in [1.165, 1.54) is 63.8 Å². The predicted molar refractivity (Wildman–Crippen MR) is 108 cm³/mol. The molecule has 150 valence electrons. The van der Waals surface area contributed by atoms with Gasteiger partial charge in [0, 0.05) is 37.7 Å². The van der Waals surface area contributed by atoms with Crippen LogP contribution in [0.15, 0.2) is 12.4 Å². The molecule has 0 spiro atoms. The minimum absolute atomic E-state index is 0.319. The van der Waals surface area contributed by atoms with Gasteiger partial charge in [0.2, 0.25) is 5.95 Å². The van der Waals surface area contributed by atoms with Crippen molar-refractivity contribution in [3.63, 3.8) is 0 Å². The lowest BCUT2D eigenvalue weighted by atomic mass is 9.79. The van der Waals surface area contributed by atoms with Gasteiger partial charge < -0.3 is 15.0 Å². The lowest BCUT2D eigenvalue weighted by Gasteiger charge is -2.39. The maximum absolute atomic E-state index is 5.63. The summed E-state index contributed by atoms with van der Waals surface area (Å²) in [7, 11) is 2.25. The Bertz CT molecular complexity index is 558. The van der Waals surface area contributed by atoms with Crippen LogP contribution in [-0.2, 0) is 11.3 Å². The van der Waals surface area contributed by atoms with Gasteiger partial charge in [-0.1, -0.05) is 0 Å². The average Bonchev–Trinajstić information content (AvgIpc) is 3.22. The van der Waals surface area contributed by atoms with Gasteiger partial charge in [-0.25, -0.2) is 9.97 Å². The van der Waals surface area contributed by atoms with E-state index in [-0.39, 0.29) is 0 Å². The summed E-state index contributed by atoms with van der Waals surface area (Å²) in [5, 5.41) is 3.30. The monoisotopic (exact) mass is 373 g/mol. The van der Waals surface area contributed by atoms with Crippen molar-refractivity contribution >= 4 is 5.95 Å². The highest BCUT2D eigenvalue weighted by Gasteiger charge is 2.28. The molecule has 1 atom stereocenters. The maximum Gasteiger partial charge on any atom is 0.222 e. The Morgan fingerprint density at radius 1 is 1.00 bits per heavy atom. The zero-order chi connectivity index (χ0) is 18.5. The molecule has 1 N–H and O–H groups in total. The number of likely N-dealkylation sites (tertiary alicyclic amines) is 2. The number of hydrogen-bond donors (Lipinski definition) is 1. The largest absolute Gasteiger partial charge is 0.376 e. The topological polar surface area (TPSA) is 53.5 Å². The van der Waals surface area contributed by atoms with Crippen molar-refractivity contribution in [2.24, 2.45) is 11.8 Å². The molecule has 3 fully saturated rings. The molecule has 27 heavy (non-hydrogen) atoms. The van der Waals surface area contributed by atoms with Crippen molar-refractivity contribution in [2.75, 3.05) is 51.7 Å². The van der Waals surface area contributed by atoms with E-state index in [9.17, 15) is 0 Å². The fourth-order valence-electron chi connectivity index (χ4n) is 4.88. The summed E-state index contributed by atoms with van der Waals surface area (Å²) in [6.07, 6.45) is 12.1. The van der Waals surface area contributed by atoms with Crippen LogP contribution in [-0.4, -0.2) is 72.3 Å². The summed E-state index contributed by atoms with van der Waals surface area (Å²) < 4.78 is 5.63. The number of hydrogen-bond acceptors (Lipinski definition) is 6. The zero-order valence-electron chi connectivity index (χ0n) is 16.8. The van der Waals surface area contributed by atoms with E-state index in [4.69, 9.17) is 4.74 Å². The van der Waals surface area contributed by atoms with E-state index in [1.807, 2.05) is 12.4 Å². The molecule has 4 heterocycles. The van der Waals surface area contributed by atoms with Crippen molar-refractivity contribution in [3.8, 4) is 0 Å².